The quantitative estimate of drug-likeness (QED) is 0.170. The zero-order chi connectivity index (χ0) is 35.9. The van der Waals surface area contributed by atoms with Gasteiger partial charge in [0, 0.05) is 55.9 Å². The number of rotatable bonds is 4. The van der Waals surface area contributed by atoms with Gasteiger partial charge in [-0.1, -0.05) is 63.7 Å². The van der Waals surface area contributed by atoms with Crippen LogP contribution >= 0.6 is 0 Å². The van der Waals surface area contributed by atoms with Crippen molar-refractivity contribution in [3.8, 4) is 22.5 Å². The van der Waals surface area contributed by atoms with Gasteiger partial charge in [-0.2, -0.15) is 0 Å². The summed E-state index contributed by atoms with van der Waals surface area (Å²) in [5, 5.41) is 1.65. The van der Waals surface area contributed by atoms with Crippen LogP contribution in [-0.2, 0) is 25.5 Å². The molecule has 0 saturated heterocycles. The van der Waals surface area contributed by atoms with E-state index in [9.17, 15) is 0 Å². The smallest absolute Gasteiger partial charge is 0.216 e. The summed E-state index contributed by atoms with van der Waals surface area (Å²) >= 11 is 0. The zero-order valence-electron chi connectivity index (χ0n) is 32.2. The molecule has 0 N–H and O–H groups in total. The topological polar surface area (TPSA) is 51.8 Å². The molecule has 211 valence electrons. The van der Waals surface area contributed by atoms with Crippen molar-refractivity contribution >= 4 is 22.1 Å². The van der Waals surface area contributed by atoms with E-state index in [2.05, 4.69) is 60.8 Å². The van der Waals surface area contributed by atoms with Gasteiger partial charge in [0.05, 0.1) is 5.58 Å². The number of hydrogen-bond acceptors (Lipinski definition) is 4. The minimum absolute atomic E-state index is 0. The average Bonchev–Trinajstić information content (AvgIpc) is 3.42. The Labute approximate surface area is 269 Å². The Morgan fingerprint density at radius 3 is 2.37 bits per heavy atom. The predicted molar refractivity (Wildman–Crippen MR) is 164 cm³/mol. The normalized spacial score (nSPS) is 15.5. The van der Waals surface area contributed by atoms with Gasteiger partial charge in [-0.05, 0) is 65.8 Å². The molecule has 5 heteroatoms. The van der Waals surface area contributed by atoms with Gasteiger partial charge in [-0.25, -0.2) is 4.98 Å². The first-order chi connectivity index (χ1) is 22.8. The van der Waals surface area contributed by atoms with Gasteiger partial charge in [0.2, 0.25) is 5.71 Å². The van der Waals surface area contributed by atoms with E-state index < -0.39 is 20.6 Å². The van der Waals surface area contributed by atoms with E-state index in [0.29, 0.717) is 28.5 Å². The van der Waals surface area contributed by atoms with Gasteiger partial charge in [0.15, 0.2) is 0 Å². The number of furan rings is 1. The Kier molecular flexibility index (Phi) is 6.16. The number of benzene rings is 2. The summed E-state index contributed by atoms with van der Waals surface area (Å²) in [7, 11) is 0. The number of fused-ring (bicyclic) bond motifs is 3. The van der Waals surface area contributed by atoms with Crippen molar-refractivity contribution in [2.45, 2.75) is 53.7 Å². The van der Waals surface area contributed by atoms with Gasteiger partial charge in [0.1, 0.15) is 0 Å². The third-order valence-electron chi connectivity index (χ3n) is 7.35. The maximum atomic E-state index is 7.59. The molecule has 0 spiro atoms. The maximum Gasteiger partial charge on any atom is 0.216 e. The number of pyridine rings is 3. The number of aryl methyl sites for hydroxylation is 3. The summed E-state index contributed by atoms with van der Waals surface area (Å²) in [4.78, 5) is 12.9. The third kappa shape index (κ3) is 6.48. The van der Waals surface area contributed by atoms with Crippen LogP contribution in [0.2, 0.25) is 0 Å². The predicted octanol–water partition coefficient (Wildman–Crippen LogP) is 9.25. The fourth-order valence-corrected chi connectivity index (χ4v) is 4.25. The maximum absolute atomic E-state index is 7.59. The third-order valence-corrected chi connectivity index (χ3v) is 7.35. The van der Waals surface area contributed by atoms with Crippen LogP contribution in [0.25, 0.3) is 44.6 Å². The summed E-state index contributed by atoms with van der Waals surface area (Å²) in [6, 6.07) is 24.9. The summed E-state index contributed by atoms with van der Waals surface area (Å²) in [5.41, 5.74) is 5.21. The molecule has 2 aromatic carbocycles. The molecule has 6 aromatic rings. The van der Waals surface area contributed by atoms with Crippen molar-refractivity contribution in [2.24, 2.45) is 5.92 Å². The SMILES string of the molecule is [2H]C([2H])([2H])c1c[c-]c(-c2ccc(C([2H])([2H])[2H])cn2)cc1.[2H]C([2H])([2H])c1ccc2c(n1)oc1c(-c3cc(C(C)(C)C(C)C)ccn3)[c-]ccc12.[Ir]. The molecule has 0 bridgehead atoms. The molecule has 41 heavy (non-hydrogen) atoms. The largest absolute Gasteiger partial charge is 0.486 e. The second-order valence-electron chi connectivity index (χ2n) is 10.5. The molecule has 0 saturated carbocycles. The molecular weight excluding hydrogens is 683 g/mol. The molecule has 0 aliphatic carbocycles. The van der Waals surface area contributed by atoms with Crippen molar-refractivity contribution in [1.29, 1.82) is 0 Å². The molecule has 6 rings (SSSR count). The van der Waals surface area contributed by atoms with E-state index in [1.807, 2.05) is 24.4 Å². The van der Waals surface area contributed by atoms with Crippen molar-refractivity contribution in [1.82, 2.24) is 15.0 Å². The van der Waals surface area contributed by atoms with E-state index in [-0.39, 0.29) is 42.3 Å². The Morgan fingerprint density at radius 1 is 0.854 bits per heavy atom. The average molecular weight is 727 g/mol. The van der Waals surface area contributed by atoms with Crippen molar-refractivity contribution in [2.75, 3.05) is 0 Å². The van der Waals surface area contributed by atoms with Gasteiger partial charge in [0.25, 0.3) is 0 Å². The van der Waals surface area contributed by atoms with E-state index in [0.717, 1.165) is 22.0 Å². The molecule has 1 radical (unpaired) electrons. The van der Waals surface area contributed by atoms with E-state index in [1.54, 1.807) is 18.2 Å². The van der Waals surface area contributed by atoms with Crippen LogP contribution < -0.4 is 0 Å². The van der Waals surface area contributed by atoms with Crippen LogP contribution in [0.4, 0.5) is 0 Å². The van der Waals surface area contributed by atoms with Crippen molar-refractivity contribution in [3.05, 3.63) is 114 Å². The molecular formula is C36H35IrN3O-2. The Hall–Kier alpha value is -3.66. The van der Waals surface area contributed by atoms with Gasteiger partial charge in [-0.15, -0.1) is 53.6 Å². The molecule has 0 aliphatic heterocycles. The summed E-state index contributed by atoms with van der Waals surface area (Å²) in [6.45, 7) is 2.25. The Morgan fingerprint density at radius 2 is 1.68 bits per heavy atom. The molecule has 4 heterocycles. The van der Waals surface area contributed by atoms with Crippen molar-refractivity contribution in [3.63, 3.8) is 0 Å². The minimum atomic E-state index is -2.28. The van der Waals surface area contributed by atoms with Crippen LogP contribution in [0.5, 0.6) is 0 Å². The fourth-order valence-electron chi connectivity index (χ4n) is 4.25. The number of hydrogen-bond donors (Lipinski definition) is 0. The summed E-state index contributed by atoms with van der Waals surface area (Å²) in [5.74, 6) is 0.464. The second kappa shape index (κ2) is 12.5. The van der Waals surface area contributed by atoms with Crippen molar-refractivity contribution < 1.29 is 36.9 Å². The summed E-state index contributed by atoms with van der Waals surface area (Å²) < 4.78 is 72.4. The van der Waals surface area contributed by atoms with Crippen LogP contribution in [0, 0.1) is 38.6 Å². The van der Waals surface area contributed by atoms with Crippen LogP contribution in [0.3, 0.4) is 0 Å². The van der Waals surface area contributed by atoms with Crippen LogP contribution in [-0.4, -0.2) is 15.0 Å². The van der Waals surface area contributed by atoms with Gasteiger partial charge in [-0.3, -0.25) is 0 Å². The molecule has 0 fully saturated rings. The molecule has 0 aliphatic rings. The summed E-state index contributed by atoms with van der Waals surface area (Å²) in [6.07, 6.45) is 3.11. The standard InChI is InChI=1S/C23H23N2O.C13H12N.Ir/c1-14(2)23(4,5)16-11-12-24-20(13-16)19-8-6-7-17-18-10-9-15(3)25-22(18)26-21(17)19;1-10-3-6-12(7-4-10)13-8-5-11(2)9-14-13;/h6-7,9-14H,1-5H3;3-6,8-9H,1-2H3;/q2*-1;/i3D3;1D3,2D3;. The molecule has 4 aromatic heterocycles. The first kappa shape index (κ1) is 20.3. The monoisotopic (exact) mass is 727 g/mol. The van der Waals surface area contributed by atoms with Gasteiger partial charge >= 0.3 is 0 Å². The number of aromatic nitrogens is 3. The Bertz CT molecular complexity index is 2030. The van der Waals surface area contributed by atoms with Gasteiger partial charge < -0.3 is 14.4 Å². The zero-order valence-corrected chi connectivity index (χ0v) is 25.6. The van der Waals surface area contributed by atoms with Crippen LogP contribution in [0.1, 0.15) is 62.4 Å². The second-order valence-corrected chi connectivity index (χ2v) is 10.5. The molecule has 0 atom stereocenters. The van der Waals surface area contributed by atoms with E-state index >= 15 is 0 Å². The first-order valence-electron chi connectivity index (χ1n) is 17.5. The Balaban J connectivity index is 0.000000236. The molecule has 4 nitrogen and oxygen atoms in total. The fraction of sp³-hybridized carbons (Fsp3) is 0.250. The van der Waals surface area contributed by atoms with Crippen LogP contribution in [0.15, 0.2) is 83.5 Å². The molecule has 0 unspecified atom stereocenters. The first-order valence-corrected chi connectivity index (χ1v) is 13.0. The van der Waals surface area contributed by atoms with E-state index in [4.69, 9.17) is 16.8 Å². The number of nitrogens with zero attached hydrogens (tertiary/aromatic N) is 3. The molecule has 0 amide bonds. The van der Waals surface area contributed by atoms with E-state index in [1.165, 1.54) is 36.0 Å². The minimum Gasteiger partial charge on any atom is -0.486 e.